The SMILES string of the molecule is CN(CCCC(=O)O)CCc1ccc(F)cc1F. The van der Waals surface area contributed by atoms with Gasteiger partial charge in [0.15, 0.2) is 0 Å². The van der Waals surface area contributed by atoms with Gasteiger partial charge in [0.1, 0.15) is 11.6 Å². The number of carbonyl (C=O) groups is 1. The Morgan fingerprint density at radius 1 is 1.33 bits per heavy atom. The third-order valence-electron chi connectivity index (χ3n) is 2.71. The summed E-state index contributed by atoms with van der Waals surface area (Å²) in [5.41, 5.74) is 0.474. The molecule has 0 bridgehead atoms. The Morgan fingerprint density at radius 2 is 2.06 bits per heavy atom. The summed E-state index contributed by atoms with van der Waals surface area (Å²) in [7, 11) is 1.85. The van der Waals surface area contributed by atoms with E-state index >= 15 is 0 Å². The Balaban J connectivity index is 2.33. The summed E-state index contributed by atoms with van der Waals surface area (Å²) in [5, 5.41) is 8.49. The predicted octanol–water partition coefficient (Wildman–Crippen LogP) is 2.30. The largest absolute Gasteiger partial charge is 0.481 e. The van der Waals surface area contributed by atoms with E-state index in [0.29, 0.717) is 31.5 Å². The van der Waals surface area contributed by atoms with Gasteiger partial charge in [-0.1, -0.05) is 6.07 Å². The second-order valence-electron chi connectivity index (χ2n) is 4.29. The summed E-state index contributed by atoms with van der Waals surface area (Å²) < 4.78 is 26.0. The average Bonchev–Trinajstić information content (AvgIpc) is 2.27. The van der Waals surface area contributed by atoms with Crippen LogP contribution in [0.5, 0.6) is 0 Å². The van der Waals surface area contributed by atoms with Crippen molar-refractivity contribution in [3.05, 3.63) is 35.4 Å². The highest BCUT2D eigenvalue weighted by molar-refractivity contribution is 5.66. The van der Waals surface area contributed by atoms with Crippen molar-refractivity contribution in [3.63, 3.8) is 0 Å². The maximum atomic E-state index is 13.3. The normalized spacial score (nSPS) is 10.9. The van der Waals surface area contributed by atoms with Gasteiger partial charge in [-0.15, -0.1) is 0 Å². The van der Waals surface area contributed by atoms with Crippen LogP contribution in [-0.4, -0.2) is 36.1 Å². The number of halogens is 2. The number of hydrogen-bond acceptors (Lipinski definition) is 2. The van der Waals surface area contributed by atoms with Crippen molar-refractivity contribution in [2.45, 2.75) is 19.3 Å². The Kier molecular flexibility index (Phi) is 5.71. The van der Waals surface area contributed by atoms with Gasteiger partial charge in [-0.3, -0.25) is 4.79 Å². The van der Waals surface area contributed by atoms with Crippen molar-refractivity contribution >= 4 is 5.97 Å². The highest BCUT2D eigenvalue weighted by Gasteiger charge is 2.06. The highest BCUT2D eigenvalue weighted by atomic mass is 19.1. The molecule has 0 spiro atoms. The molecule has 0 fully saturated rings. The molecular weight excluding hydrogens is 240 g/mol. The van der Waals surface area contributed by atoms with Crippen LogP contribution in [0.2, 0.25) is 0 Å². The van der Waals surface area contributed by atoms with E-state index in [0.717, 1.165) is 6.07 Å². The lowest BCUT2D eigenvalue weighted by molar-refractivity contribution is -0.137. The molecule has 0 aliphatic heterocycles. The maximum absolute atomic E-state index is 13.3. The molecule has 1 N–H and O–H groups in total. The summed E-state index contributed by atoms with van der Waals surface area (Å²) in [4.78, 5) is 12.3. The van der Waals surface area contributed by atoms with Crippen LogP contribution in [0.1, 0.15) is 18.4 Å². The lowest BCUT2D eigenvalue weighted by Crippen LogP contribution is -2.23. The maximum Gasteiger partial charge on any atom is 0.303 e. The molecule has 0 saturated carbocycles. The molecule has 0 aliphatic rings. The fourth-order valence-corrected chi connectivity index (χ4v) is 1.65. The zero-order valence-electron chi connectivity index (χ0n) is 10.3. The molecule has 0 amide bonds. The molecule has 0 saturated heterocycles. The smallest absolute Gasteiger partial charge is 0.303 e. The van der Waals surface area contributed by atoms with Gasteiger partial charge in [-0.05, 0) is 38.1 Å². The Morgan fingerprint density at radius 3 is 2.67 bits per heavy atom. The molecule has 1 aromatic carbocycles. The molecule has 1 rings (SSSR count). The molecule has 5 heteroatoms. The summed E-state index contributed by atoms with van der Waals surface area (Å²) >= 11 is 0. The topological polar surface area (TPSA) is 40.5 Å². The van der Waals surface area contributed by atoms with Crippen molar-refractivity contribution < 1.29 is 18.7 Å². The van der Waals surface area contributed by atoms with Crippen LogP contribution >= 0.6 is 0 Å². The minimum atomic E-state index is -0.812. The van der Waals surface area contributed by atoms with E-state index in [1.54, 1.807) is 0 Å². The summed E-state index contributed by atoms with van der Waals surface area (Å²) in [6.07, 6.45) is 1.18. The van der Waals surface area contributed by atoms with Crippen LogP contribution in [0.3, 0.4) is 0 Å². The van der Waals surface area contributed by atoms with Crippen LogP contribution in [0.15, 0.2) is 18.2 Å². The first-order valence-corrected chi connectivity index (χ1v) is 5.83. The molecule has 0 unspecified atom stereocenters. The zero-order chi connectivity index (χ0) is 13.5. The highest BCUT2D eigenvalue weighted by Crippen LogP contribution is 2.10. The zero-order valence-corrected chi connectivity index (χ0v) is 10.3. The summed E-state index contributed by atoms with van der Waals surface area (Å²) in [6.45, 7) is 1.26. The fourth-order valence-electron chi connectivity index (χ4n) is 1.65. The number of hydrogen-bond donors (Lipinski definition) is 1. The third-order valence-corrected chi connectivity index (χ3v) is 2.71. The Hall–Kier alpha value is -1.49. The van der Waals surface area contributed by atoms with Crippen molar-refractivity contribution in [1.82, 2.24) is 4.90 Å². The van der Waals surface area contributed by atoms with E-state index in [4.69, 9.17) is 5.11 Å². The van der Waals surface area contributed by atoms with Crippen molar-refractivity contribution in [3.8, 4) is 0 Å². The van der Waals surface area contributed by atoms with E-state index < -0.39 is 17.6 Å². The van der Waals surface area contributed by atoms with Crippen LogP contribution in [-0.2, 0) is 11.2 Å². The van der Waals surface area contributed by atoms with E-state index in [1.807, 2.05) is 11.9 Å². The minimum Gasteiger partial charge on any atom is -0.481 e. The summed E-state index contributed by atoms with van der Waals surface area (Å²) in [6, 6.07) is 3.55. The number of benzene rings is 1. The molecule has 1 aromatic rings. The van der Waals surface area contributed by atoms with Crippen molar-refractivity contribution in [2.75, 3.05) is 20.1 Å². The number of likely N-dealkylation sites (N-methyl/N-ethyl adjacent to an activating group) is 1. The molecule has 18 heavy (non-hydrogen) atoms. The molecule has 0 aliphatic carbocycles. The van der Waals surface area contributed by atoms with Gasteiger partial charge >= 0.3 is 5.97 Å². The van der Waals surface area contributed by atoms with Crippen LogP contribution in [0.4, 0.5) is 8.78 Å². The van der Waals surface area contributed by atoms with Crippen molar-refractivity contribution in [2.24, 2.45) is 0 Å². The van der Waals surface area contributed by atoms with Crippen LogP contribution < -0.4 is 0 Å². The van der Waals surface area contributed by atoms with Gasteiger partial charge in [-0.25, -0.2) is 8.78 Å². The monoisotopic (exact) mass is 257 g/mol. The van der Waals surface area contributed by atoms with E-state index in [9.17, 15) is 13.6 Å². The van der Waals surface area contributed by atoms with Gasteiger partial charge < -0.3 is 10.0 Å². The standard InChI is InChI=1S/C13H17F2NO2/c1-16(7-2-3-13(17)18)8-6-10-4-5-11(14)9-12(10)15/h4-5,9H,2-3,6-8H2,1H3,(H,17,18). The number of nitrogens with zero attached hydrogens (tertiary/aromatic N) is 1. The van der Waals surface area contributed by atoms with Crippen LogP contribution in [0, 0.1) is 11.6 Å². The van der Waals surface area contributed by atoms with Crippen molar-refractivity contribution in [1.29, 1.82) is 0 Å². The van der Waals surface area contributed by atoms with Gasteiger partial charge in [0.05, 0.1) is 0 Å². The molecule has 0 atom stereocenters. The number of rotatable bonds is 7. The van der Waals surface area contributed by atoms with Gasteiger partial charge in [0, 0.05) is 19.0 Å². The molecule has 0 aromatic heterocycles. The quantitative estimate of drug-likeness (QED) is 0.814. The lowest BCUT2D eigenvalue weighted by atomic mass is 10.1. The lowest BCUT2D eigenvalue weighted by Gasteiger charge is -2.16. The van der Waals surface area contributed by atoms with E-state index in [1.165, 1.54) is 12.1 Å². The molecular formula is C13H17F2NO2. The first kappa shape index (κ1) is 14.6. The fraction of sp³-hybridized carbons (Fsp3) is 0.462. The van der Waals surface area contributed by atoms with E-state index in [2.05, 4.69) is 0 Å². The molecule has 0 heterocycles. The Bertz CT molecular complexity index is 410. The number of aliphatic carboxylic acids is 1. The molecule has 3 nitrogen and oxygen atoms in total. The van der Waals surface area contributed by atoms with Gasteiger partial charge in [0.25, 0.3) is 0 Å². The van der Waals surface area contributed by atoms with Gasteiger partial charge in [-0.2, -0.15) is 0 Å². The molecule has 0 radical (unpaired) electrons. The first-order chi connectivity index (χ1) is 8.49. The molecule has 100 valence electrons. The van der Waals surface area contributed by atoms with Gasteiger partial charge in [0.2, 0.25) is 0 Å². The minimum absolute atomic E-state index is 0.134. The first-order valence-electron chi connectivity index (χ1n) is 5.83. The average molecular weight is 257 g/mol. The summed E-state index contributed by atoms with van der Waals surface area (Å²) in [5.74, 6) is -1.92. The van der Waals surface area contributed by atoms with Crippen LogP contribution in [0.25, 0.3) is 0 Å². The third kappa shape index (κ3) is 5.23. The number of carboxylic acids is 1. The van der Waals surface area contributed by atoms with E-state index in [-0.39, 0.29) is 6.42 Å². The predicted molar refractivity (Wildman–Crippen MR) is 64.4 cm³/mol. The number of carboxylic acid groups (broad SMARTS) is 1. The second-order valence-corrected chi connectivity index (χ2v) is 4.29. The Labute approximate surface area is 105 Å². The second kappa shape index (κ2) is 7.06.